The second kappa shape index (κ2) is 7.05. The maximum atomic E-state index is 12.8. The topological polar surface area (TPSA) is 122 Å². The molecule has 0 aromatic heterocycles. The summed E-state index contributed by atoms with van der Waals surface area (Å²) in [6, 6.07) is -0.724. The second-order valence-corrected chi connectivity index (χ2v) is 8.00. The fraction of sp³-hybridized carbons (Fsp3) is 0.941. The molecule has 1 amide bonds. The number of carbonyl (C=O) groups excluding carboxylic acids is 1. The minimum Gasteiger partial charge on any atom is -0.391 e. The molecule has 23 heavy (non-hydrogen) atoms. The molecule has 0 bridgehead atoms. The predicted molar refractivity (Wildman–Crippen MR) is 89.3 cm³/mol. The molecule has 7 N–H and O–H groups in total. The SMILES string of the molecule is CC1CC(NC(=O)C2CC(C)C(O)C(N)C2C)C(C)C(N)C1O. The summed E-state index contributed by atoms with van der Waals surface area (Å²) < 4.78 is 0. The van der Waals surface area contributed by atoms with E-state index in [-0.39, 0.29) is 53.6 Å². The van der Waals surface area contributed by atoms with Gasteiger partial charge in [-0.2, -0.15) is 0 Å². The lowest BCUT2D eigenvalue weighted by atomic mass is 9.70. The molecule has 10 unspecified atom stereocenters. The summed E-state index contributed by atoms with van der Waals surface area (Å²) in [5, 5.41) is 23.3. The Morgan fingerprint density at radius 1 is 0.913 bits per heavy atom. The van der Waals surface area contributed by atoms with Crippen molar-refractivity contribution in [1.82, 2.24) is 5.32 Å². The summed E-state index contributed by atoms with van der Waals surface area (Å²) in [5.41, 5.74) is 12.2. The molecular weight excluding hydrogens is 294 g/mol. The van der Waals surface area contributed by atoms with Gasteiger partial charge in [-0.25, -0.2) is 0 Å². The van der Waals surface area contributed by atoms with Crippen molar-refractivity contribution in [3.8, 4) is 0 Å². The molecule has 0 aliphatic heterocycles. The zero-order valence-electron chi connectivity index (χ0n) is 14.6. The fourth-order valence-corrected chi connectivity index (χ4v) is 4.25. The van der Waals surface area contributed by atoms with Crippen molar-refractivity contribution in [2.24, 2.45) is 41.1 Å². The number of aliphatic hydroxyl groups excluding tert-OH is 2. The normalized spacial score (nSPS) is 51.3. The molecule has 0 spiro atoms. The zero-order valence-corrected chi connectivity index (χ0v) is 14.6. The Morgan fingerprint density at radius 2 is 1.39 bits per heavy atom. The van der Waals surface area contributed by atoms with Crippen LogP contribution in [0.25, 0.3) is 0 Å². The summed E-state index contributed by atoms with van der Waals surface area (Å²) in [5.74, 6) is -0.132. The Hall–Kier alpha value is -0.690. The van der Waals surface area contributed by atoms with E-state index >= 15 is 0 Å². The van der Waals surface area contributed by atoms with Gasteiger partial charge in [-0.05, 0) is 36.5 Å². The summed E-state index contributed by atoms with van der Waals surface area (Å²) in [7, 11) is 0. The molecule has 2 aliphatic carbocycles. The number of carbonyl (C=O) groups is 1. The predicted octanol–water partition coefficient (Wildman–Crippen LogP) is -0.184. The van der Waals surface area contributed by atoms with Gasteiger partial charge in [0.1, 0.15) is 0 Å². The van der Waals surface area contributed by atoms with Crippen molar-refractivity contribution >= 4 is 5.91 Å². The molecule has 0 heterocycles. The molecule has 2 saturated carbocycles. The van der Waals surface area contributed by atoms with Crippen LogP contribution in [0, 0.1) is 29.6 Å². The minimum atomic E-state index is -0.550. The standard InChI is InChI=1S/C17H33N3O3/c1-7-5-11(9(3)13(18)15(7)21)17(23)20-12-6-8(2)16(22)14(19)10(12)4/h7-16,21-22H,5-6,18-19H2,1-4H3,(H,20,23). The van der Waals surface area contributed by atoms with Crippen molar-refractivity contribution < 1.29 is 15.0 Å². The first kappa shape index (κ1) is 18.6. The highest BCUT2D eigenvalue weighted by atomic mass is 16.3. The van der Waals surface area contributed by atoms with Crippen LogP contribution >= 0.6 is 0 Å². The van der Waals surface area contributed by atoms with Crippen molar-refractivity contribution in [2.45, 2.75) is 70.9 Å². The summed E-state index contributed by atoms with van der Waals surface area (Å²) in [6.45, 7) is 7.82. The number of hydrogen-bond donors (Lipinski definition) is 5. The lowest BCUT2D eigenvalue weighted by molar-refractivity contribution is -0.132. The van der Waals surface area contributed by atoms with Crippen LogP contribution in [0.5, 0.6) is 0 Å². The van der Waals surface area contributed by atoms with E-state index in [1.165, 1.54) is 0 Å². The third-order valence-corrected chi connectivity index (χ3v) is 6.35. The fourth-order valence-electron chi connectivity index (χ4n) is 4.25. The number of amides is 1. The van der Waals surface area contributed by atoms with Crippen LogP contribution in [-0.2, 0) is 4.79 Å². The van der Waals surface area contributed by atoms with Gasteiger partial charge in [-0.15, -0.1) is 0 Å². The molecule has 2 fully saturated rings. The van der Waals surface area contributed by atoms with E-state index in [0.29, 0.717) is 6.42 Å². The lowest BCUT2D eigenvalue weighted by Crippen LogP contribution is -2.60. The Bertz CT molecular complexity index is 433. The Morgan fingerprint density at radius 3 is 1.96 bits per heavy atom. The first-order valence-corrected chi connectivity index (χ1v) is 8.82. The van der Waals surface area contributed by atoms with Crippen molar-refractivity contribution in [3.63, 3.8) is 0 Å². The van der Waals surface area contributed by atoms with Gasteiger partial charge in [-0.3, -0.25) is 4.79 Å². The molecule has 0 saturated heterocycles. The molecule has 2 rings (SSSR count). The van der Waals surface area contributed by atoms with Gasteiger partial charge in [0.25, 0.3) is 0 Å². The maximum absolute atomic E-state index is 12.8. The number of rotatable bonds is 2. The lowest BCUT2D eigenvalue weighted by Gasteiger charge is -2.44. The number of nitrogens with two attached hydrogens (primary N) is 2. The molecule has 6 heteroatoms. The second-order valence-electron chi connectivity index (χ2n) is 8.00. The third-order valence-electron chi connectivity index (χ3n) is 6.35. The first-order valence-electron chi connectivity index (χ1n) is 8.82. The molecule has 0 radical (unpaired) electrons. The van der Waals surface area contributed by atoms with Crippen LogP contribution in [0.2, 0.25) is 0 Å². The molecule has 10 atom stereocenters. The minimum absolute atomic E-state index is 0.000611. The quantitative estimate of drug-likeness (QED) is 0.481. The van der Waals surface area contributed by atoms with E-state index in [9.17, 15) is 15.0 Å². The highest BCUT2D eigenvalue weighted by molar-refractivity contribution is 5.79. The van der Waals surface area contributed by atoms with Gasteiger partial charge in [0.2, 0.25) is 5.91 Å². The monoisotopic (exact) mass is 327 g/mol. The maximum Gasteiger partial charge on any atom is 0.223 e. The number of hydrogen-bond acceptors (Lipinski definition) is 5. The van der Waals surface area contributed by atoms with E-state index in [1.54, 1.807) is 0 Å². The Kier molecular flexibility index (Phi) is 5.72. The van der Waals surface area contributed by atoms with Crippen LogP contribution < -0.4 is 16.8 Å². The number of aliphatic hydroxyl groups is 2. The molecule has 6 nitrogen and oxygen atoms in total. The highest BCUT2D eigenvalue weighted by Crippen LogP contribution is 2.34. The number of nitrogens with one attached hydrogen (secondary N) is 1. The van der Waals surface area contributed by atoms with Gasteiger partial charge < -0.3 is 27.0 Å². The third kappa shape index (κ3) is 3.55. The molecule has 2 aliphatic rings. The Labute approximate surface area is 139 Å². The smallest absolute Gasteiger partial charge is 0.223 e. The van der Waals surface area contributed by atoms with Crippen LogP contribution in [0.1, 0.15) is 40.5 Å². The van der Waals surface area contributed by atoms with Gasteiger partial charge in [0.05, 0.1) is 12.2 Å². The van der Waals surface area contributed by atoms with Gasteiger partial charge >= 0.3 is 0 Å². The van der Waals surface area contributed by atoms with Crippen LogP contribution in [0.3, 0.4) is 0 Å². The van der Waals surface area contributed by atoms with Gasteiger partial charge in [0.15, 0.2) is 0 Å². The van der Waals surface area contributed by atoms with Crippen molar-refractivity contribution in [3.05, 3.63) is 0 Å². The van der Waals surface area contributed by atoms with E-state index in [2.05, 4.69) is 5.32 Å². The zero-order chi connectivity index (χ0) is 17.5. The van der Waals surface area contributed by atoms with Crippen LogP contribution in [0.4, 0.5) is 0 Å². The van der Waals surface area contributed by atoms with Gasteiger partial charge in [0, 0.05) is 24.0 Å². The molecule has 134 valence electrons. The van der Waals surface area contributed by atoms with Crippen LogP contribution in [0.15, 0.2) is 0 Å². The molecule has 0 aromatic rings. The first-order chi connectivity index (χ1) is 10.6. The Balaban J connectivity index is 2.04. The molecule has 0 aromatic carbocycles. The van der Waals surface area contributed by atoms with Crippen LogP contribution in [-0.4, -0.2) is 46.5 Å². The van der Waals surface area contributed by atoms with Crippen molar-refractivity contribution in [2.75, 3.05) is 0 Å². The van der Waals surface area contributed by atoms with E-state index in [1.807, 2.05) is 27.7 Å². The van der Waals surface area contributed by atoms with Crippen molar-refractivity contribution in [1.29, 1.82) is 0 Å². The van der Waals surface area contributed by atoms with E-state index in [4.69, 9.17) is 11.5 Å². The summed E-state index contributed by atoms with van der Waals surface area (Å²) in [4.78, 5) is 12.8. The largest absolute Gasteiger partial charge is 0.391 e. The average molecular weight is 327 g/mol. The van der Waals surface area contributed by atoms with Gasteiger partial charge in [-0.1, -0.05) is 27.7 Å². The van der Waals surface area contributed by atoms with E-state index < -0.39 is 12.2 Å². The summed E-state index contributed by atoms with van der Waals surface area (Å²) >= 11 is 0. The summed E-state index contributed by atoms with van der Waals surface area (Å²) in [6.07, 6.45) is 0.307. The average Bonchev–Trinajstić information content (AvgIpc) is 2.51. The molecular formula is C17H33N3O3. The highest BCUT2D eigenvalue weighted by Gasteiger charge is 2.43. The van der Waals surface area contributed by atoms with E-state index in [0.717, 1.165) is 6.42 Å².